The zero-order chi connectivity index (χ0) is 23.7. The maximum atomic E-state index is 13.7. The van der Waals surface area contributed by atoms with E-state index in [4.69, 9.17) is 4.98 Å². The summed E-state index contributed by atoms with van der Waals surface area (Å²) in [6.07, 6.45) is 0.943. The van der Waals surface area contributed by atoms with E-state index in [1.807, 2.05) is 21.0 Å². The molecule has 2 amide bonds. The standard InChI is InChI=1S/C25H29FN4O2S.ClH/c1-16-6-7-17(2)23-22(16)27-25(33-23)29(13-5-12-28(3)4)24(32)18-14-21(31)30(15-18)20-10-8-19(26)9-11-20;/h6-11,18H,5,12-15H2,1-4H3;1H. The first-order valence-electron chi connectivity index (χ1n) is 11.1. The minimum atomic E-state index is -0.462. The van der Waals surface area contributed by atoms with Gasteiger partial charge >= 0.3 is 0 Å². The van der Waals surface area contributed by atoms with E-state index in [9.17, 15) is 14.0 Å². The Hall–Kier alpha value is -2.55. The summed E-state index contributed by atoms with van der Waals surface area (Å²) < 4.78 is 14.4. The van der Waals surface area contributed by atoms with Gasteiger partial charge in [-0.3, -0.25) is 14.5 Å². The van der Waals surface area contributed by atoms with E-state index in [-0.39, 0.29) is 43.0 Å². The molecular formula is C25H30ClFN4O2S. The van der Waals surface area contributed by atoms with Gasteiger partial charge in [0.25, 0.3) is 0 Å². The van der Waals surface area contributed by atoms with Gasteiger partial charge in [0.1, 0.15) is 5.82 Å². The summed E-state index contributed by atoms with van der Waals surface area (Å²) in [6, 6.07) is 9.94. The SMILES string of the molecule is Cc1ccc(C)c2sc(N(CCCN(C)C)C(=O)C3CC(=O)N(c4ccc(F)cc4)C3)nc12.Cl. The number of carbonyl (C=O) groups excluding carboxylic acids is 2. The van der Waals surface area contributed by atoms with E-state index in [1.54, 1.807) is 21.9 Å². The van der Waals surface area contributed by atoms with E-state index in [2.05, 4.69) is 24.0 Å². The van der Waals surface area contributed by atoms with Crippen molar-refractivity contribution in [2.45, 2.75) is 26.7 Å². The lowest BCUT2D eigenvalue weighted by atomic mass is 10.1. The Bertz CT molecular complexity index is 1140. The number of aryl methyl sites for hydroxylation is 2. The van der Waals surface area contributed by atoms with Gasteiger partial charge < -0.3 is 9.80 Å². The number of halogens is 2. The number of rotatable bonds is 7. The topological polar surface area (TPSA) is 56.8 Å². The molecule has 3 aromatic rings. The molecule has 2 heterocycles. The lowest BCUT2D eigenvalue weighted by molar-refractivity contribution is -0.124. The van der Waals surface area contributed by atoms with Crippen LogP contribution in [0, 0.1) is 25.6 Å². The van der Waals surface area contributed by atoms with Crippen LogP contribution in [0.3, 0.4) is 0 Å². The van der Waals surface area contributed by atoms with Gasteiger partial charge in [-0.05, 0) is 76.3 Å². The van der Waals surface area contributed by atoms with Crippen LogP contribution >= 0.6 is 23.7 Å². The van der Waals surface area contributed by atoms with Crippen molar-refractivity contribution in [2.75, 3.05) is 43.5 Å². The molecule has 0 bridgehead atoms. The Kier molecular flexibility index (Phi) is 8.28. The highest BCUT2D eigenvalue weighted by molar-refractivity contribution is 7.22. The second kappa shape index (κ2) is 10.8. The molecule has 2 aromatic carbocycles. The van der Waals surface area contributed by atoms with Crippen molar-refractivity contribution >= 4 is 56.6 Å². The molecule has 1 atom stereocenters. The van der Waals surface area contributed by atoms with Crippen LogP contribution in [0.1, 0.15) is 24.0 Å². The molecule has 6 nitrogen and oxygen atoms in total. The Labute approximate surface area is 209 Å². The lowest BCUT2D eigenvalue weighted by Gasteiger charge is -2.24. The van der Waals surface area contributed by atoms with Crippen LogP contribution in [0.2, 0.25) is 0 Å². The number of carbonyl (C=O) groups is 2. The molecular weight excluding hydrogens is 475 g/mol. The largest absolute Gasteiger partial charge is 0.312 e. The molecule has 4 rings (SSSR count). The molecule has 1 unspecified atom stereocenters. The molecule has 182 valence electrons. The molecule has 0 aliphatic carbocycles. The second-order valence-corrected chi connectivity index (χ2v) is 9.88. The van der Waals surface area contributed by atoms with E-state index in [0.717, 1.165) is 34.3 Å². The predicted molar refractivity (Wildman–Crippen MR) is 139 cm³/mol. The van der Waals surface area contributed by atoms with Crippen LogP contribution in [-0.2, 0) is 9.59 Å². The summed E-state index contributed by atoms with van der Waals surface area (Å²) in [4.78, 5) is 36.7. The van der Waals surface area contributed by atoms with Gasteiger partial charge in [0, 0.05) is 25.2 Å². The maximum absolute atomic E-state index is 13.7. The quantitative estimate of drug-likeness (QED) is 0.463. The minimum absolute atomic E-state index is 0. The molecule has 1 aliphatic heterocycles. The molecule has 34 heavy (non-hydrogen) atoms. The summed E-state index contributed by atoms with van der Waals surface area (Å²) in [6.45, 7) is 5.75. The van der Waals surface area contributed by atoms with Gasteiger partial charge in [-0.25, -0.2) is 9.37 Å². The monoisotopic (exact) mass is 504 g/mol. The summed E-state index contributed by atoms with van der Waals surface area (Å²) in [5, 5.41) is 0.679. The van der Waals surface area contributed by atoms with Crippen LogP contribution in [0.4, 0.5) is 15.2 Å². The lowest BCUT2D eigenvalue weighted by Crippen LogP contribution is -2.39. The van der Waals surface area contributed by atoms with Crippen LogP contribution in [0.5, 0.6) is 0 Å². The first-order valence-corrected chi connectivity index (χ1v) is 11.9. The fourth-order valence-corrected chi connectivity index (χ4v) is 5.32. The van der Waals surface area contributed by atoms with Crippen LogP contribution < -0.4 is 9.80 Å². The minimum Gasteiger partial charge on any atom is -0.312 e. The number of hydrogen-bond donors (Lipinski definition) is 0. The molecule has 1 aromatic heterocycles. The third kappa shape index (κ3) is 5.40. The van der Waals surface area contributed by atoms with Crippen LogP contribution in [0.15, 0.2) is 36.4 Å². The highest BCUT2D eigenvalue weighted by Gasteiger charge is 2.38. The first kappa shape index (κ1) is 26.1. The third-order valence-electron chi connectivity index (χ3n) is 6.03. The number of aromatic nitrogens is 1. The van der Waals surface area contributed by atoms with Gasteiger partial charge in [-0.1, -0.05) is 23.5 Å². The van der Waals surface area contributed by atoms with Crippen molar-refractivity contribution in [2.24, 2.45) is 5.92 Å². The fraction of sp³-hybridized carbons (Fsp3) is 0.400. The van der Waals surface area contributed by atoms with Crippen molar-refractivity contribution in [3.63, 3.8) is 0 Å². The number of thiazole rings is 1. The average molecular weight is 505 g/mol. The highest BCUT2D eigenvalue weighted by atomic mass is 35.5. The van der Waals surface area contributed by atoms with Crippen molar-refractivity contribution in [1.82, 2.24) is 9.88 Å². The molecule has 0 saturated carbocycles. The number of hydrogen-bond acceptors (Lipinski definition) is 5. The summed E-state index contributed by atoms with van der Waals surface area (Å²) in [7, 11) is 4.01. The Morgan fingerprint density at radius 2 is 1.79 bits per heavy atom. The Morgan fingerprint density at radius 3 is 2.44 bits per heavy atom. The molecule has 9 heteroatoms. The van der Waals surface area contributed by atoms with Crippen LogP contribution in [0.25, 0.3) is 10.2 Å². The third-order valence-corrected chi connectivity index (χ3v) is 7.24. The van der Waals surface area contributed by atoms with Crippen molar-refractivity contribution in [1.29, 1.82) is 0 Å². The molecule has 0 radical (unpaired) electrons. The molecule has 1 saturated heterocycles. The predicted octanol–water partition coefficient (Wildman–Crippen LogP) is 4.81. The molecule has 0 spiro atoms. The first-order chi connectivity index (χ1) is 15.7. The summed E-state index contributed by atoms with van der Waals surface area (Å²) in [5.41, 5.74) is 3.76. The van der Waals surface area contributed by atoms with Crippen molar-refractivity contribution in [3.05, 3.63) is 53.3 Å². The molecule has 0 N–H and O–H groups in total. The van der Waals surface area contributed by atoms with E-state index >= 15 is 0 Å². The number of amides is 2. The average Bonchev–Trinajstić information content (AvgIpc) is 3.39. The zero-order valence-electron chi connectivity index (χ0n) is 19.9. The normalized spacial score (nSPS) is 15.8. The highest BCUT2D eigenvalue weighted by Crippen LogP contribution is 2.35. The van der Waals surface area contributed by atoms with Gasteiger partial charge in [-0.15, -0.1) is 12.4 Å². The molecule has 1 fully saturated rings. The van der Waals surface area contributed by atoms with E-state index in [0.29, 0.717) is 17.4 Å². The van der Waals surface area contributed by atoms with Crippen LogP contribution in [-0.4, -0.2) is 55.4 Å². The zero-order valence-corrected chi connectivity index (χ0v) is 21.5. The smallest absolute Gasteiger partial charge is 0.234 e. The number of benzene rings is 2. The van der Waals surface area contributed by atoms with Gasteiger partial charge in [0.05, 0.1) is 16.1 Å². The summed E-state index contributed by atoms with van der Waals surface area (Å²) >= 11 is 1.53. The number of nitrogens with zero attached hydrogens (tertiary/aromatic N) is 4. The number of anilines is 2. The van der Waals surface area contributed by atoms with Gasteiger partial charge in [-0.2, -0.15) is 0 Å². The second-order valence-electron chi connectivity index (χ2n) is 8.90. The van der Waals surface area contributed by atoms with Crippen molar-refractivity contribution < 1.29 is 14.0 Å². The fourth-order valence-electron chi connectivity index (χ4n) is 4.17. The van der Waals surface area contributed by atoms with Gasteiger partial charge in [0.2, 0.25) is 11.8 Å². The van der Waals surface area contributed by atoms with Crippen molar-refractivity contribution in [3.8, 4) is 0 Å². The van der Waals surface area contributed by atoms with E-state index in [1.165, 1.54) is 23.5 Å². The summed E-state index contributed by atoms with van der Waals surface area (Å²) in [5.74, 6) is -1.02. The Morgan fingerprint density at radius 1 is 1.12 bits per heavy atom. The molecule has 1 aliphatic rings. The number of fused-ring (bicyclic) bond motifs is 1. The Balaban J connectivity index is 0.00000324. The maximum Gasteiger partial charge on any atom is 0.234 e. The van der Waals surface area contributed by atoms with Gasteiger partial charge in [0.15, 0.2) is 5.13 Å². The van der Waals surface area contributed by atoms with E-state index < -0.39 is 5.92 Å².